The van der Waals surface area contributed by atoms with Crippen LogP contribution in [0.1, 0.15) is 46.5 Å². The van der Waals surface area contributed by atoms with Crippen LogP contribution in [0.5, 0.6) is 0 Å². The smallest absolute Gasteiger partial charge is 0.225 e. The van der Waals surface area contributed by atoms with Crippen molar-refractivity contribution in [3.05, 3.63) is 0 Å². The zero-order valence-electron chi connectivity index (χ0n) is 16.6. The summed E-state index contributed by atoms with van der Waals surface area (Å²) in [4.78, 5) is 21.3. The zero-order chi connectivity index (χ0) is 18.3. The van der Waals surface area contributed by atoms with E-state index in [4.69, 9.17) is 0 Å². The molecule has 6 nitrogen and oxygen atoms in total. The second-order valence-corrected chi connectivity index (χ2v) is 8.44. The van der Waals surface area contributed by atoms with Gasteiger partial charge in [0, 0.05) is 45.2 Å². The van der Waals surface area contributed by atoms with E-state index in [-0.39, 0.29) is 11.3 Å². The van der Waals surface area contributed by atoms with Gasteiger partial charge in [0.25, 0.3) is 0 Å². The van der Waals surface area contributed by atoms with Gasteiger partial charge in [0.15, 0.2) is 5.96 Å². The largest absolute Gasteiger partial charge is 0.354 e. The summed E-state index contributed by atoms with van der Waals surface area (Å²) in [5.41, 5.74) is -0.335. The van der Waals surface area contributed by atoms with Crippen LogP contribution in [0.2, 0.25) is 0 Å². The van der Waals surface area contributed by atoms with Gasteiger partial charge in [0.05, 0.1) is 0 Å². The molecular weight excluding hydrogens is 314 g/mol. The standard InChI is InChI=1S/C19H37N5O/c1-19(2,3)17(25)21-9-10-22-18(20-4)24-13-8-16(15-24)14-23-11-6-5-7-12-23/h16H,5-15H2,1-4H3,(H,20,22)(H,21,25). The van der Waals surface area contributed by atoms with Gasteiger partial charge >= 0.3 is 0 Å². The first kappa shape index (κ1) is 20.0. The number of rotatable bonds is 5. The Kier molecular flexibility index (Phi) is 7.54. The average molecular weight is 352 g/mol. The second kappa shape index (κ2) is 9.41. The van der Waals surface area contributed by atoms with Crippen molar-refractivity contribution in [2.75, 3.05) is 52.9 Å². The van der Waals surface area contributed by atoms with Crippen LogP contribution < -0.4 is 10.6 Å². The number of guanidine groups is 1. The highest BCUT2D eigenvalue weighted by molar-refractivity contribution is 5.82. The van der Waals surface area contributed by atoms with Gasteiger partial charge in [-0.1, -0.05) is 27.2 Å². The van der Waals surface area contributed by atoms with E-state index in [1.807, 2.05) is 27.8 Å². The summed E-state index contributed by atoms with van der Waals surface area (Å²) in [6.07, 6.45) is 5.37. The average Bonchev–Trinajstić information content (AvgIpc) is 3.03. The molecule has 2 aliphatic heterocycles. The molecule has 25 heavy (non-hydrogen) atoms. The van der Waals surface area contributed by atoms with Gasteiger partial charge in [-0.2, -0.15) is 0 Å². The molecule has 2 heterocycles. The molecule has 2 N–H and O–H groups in total. The molecular formula is C19H37N5O. The van der Waals surface area contributed by atoms with Crippen LogP contribution in [0.3, 0.4) is 0 Å². The van der Waals surface area contributed by atoms with Gasteiger partial charge in [-0.25, -0.2) is 0 Å². The van der Waals surface area contributed by atoms with Crippen LogP contribution in [0.4, 0.5) is 0 Å². The Morgan fingerprint density at radius 3 is 2.40 bits per heavy atom. The lowest BCUT2D eigenvalue weighted by Crippen LogP contribution is -2.45. The van der Waals surface area contributed by atoms with E-state index in [1.165, 1.54) is 45.3 Å². The molecule has 0 radical (unpaired) electrons. The van der Waals surface area contributed by atoms with Crippen LogP contribution in [0.15, 0.2) is 4.99 Å². The molecule has 144 valence electrons. The highest BCUT2D eigenvalue weighted by Gasteiger charge is 2.27. The molecule has 0 aromatic rings. The maximum Gasteiger partial charge on any atom is 0.225 e. The third-order valence-corrected chi connectivity index (χ3v) is 5.14. The predicted octanol–water partition coefficient (Wildman–Crippen LogP) is 1.53. The number of nitrogens with zero attached hydrogens (tertiary/aromatic N) is 3. The molecule has 1 amide bonds. The van der Waals surface area contributed by atoms with Gasteiger partial charge in [-0.05, 0) is 38.3 Å². The summed E-state index contributed by atoms with van der Waals surface area (Å²) in [5.74, 6) is 1.80. The SMILES string of the molecule is CN=C(NCCNC(=O)C(C)(C)C)N1CCC(CN2CCCCC2)C1. The highest BCUT2D eigenvalue weighted by atomic mass is 16.2. The summed E-state index contributed by atoms with van der Waals surface area (Å²) in [7, 11) is 1.84. The third kappa shape index (κ3) is 6.49. The van der Waals surface area contributed by atoms with E-state index in [0.717, 1.165) is 25.0 Å². The molecule has 2 saturated heterocycles. The number of hydrogen-bond acceptors (Lipinski definition) is 3. The maximum atomic E-state index is 11.9. The van der Waals surface area contributed by atoms with Gasteiger partial charge in [0.2, 0.25) is 5.91 Å². The first-order valence-electron chi connectivity index (χ1n) is 9.86. The van der Waals surface area contributed by atoms with Crippen molar-refractivity contribution in [3.8, 4) is 0 Å². The quantitative estimate of drug-likeness (QED) is 0.448. The molecule has 1 unspecified atom stereocenters. The van der Waals surface area contributed by atoms with Crippen LogP contribution in [0, 0.1) is 11.3 Å². The number of amides is 1. The summed E-state index contributed by atoms with van der Waals surface area (Å²) in [6.45, 7) is 13.1. The second-order valence-electron chi connectivity index (χ2n) is 8.44. The summed E-state index contributed by atoms with van der Waals surface area (Å²) in [6, 6.07) is 0. The minimum Gasteiger partial charge on any atom is -0.354 e. The Hall–Kier alpha value is -1.30. The first-order valence-corrected chi connectivity index (χ1v) is 9.86. The van der Waals surface area contributed by atoms with Crippen molar-refractivity contribution in [2.45, 2.75) is 46.5 Å². The summed E-state index contributed by atoms with van der Waals surface area (Å²) < 4.78 is 0. The van der Waals surface area contributed by atoms with Gasteiger partial charge in [0.1, 0.15) is 0 Å². The lowest BCUT2D eigenvalue weighted by molar-refractivity contribution is -0.128. The number of nitrogens with one attached hydrogen (secondary N) is 2. The number of hydrogen-bond donors (Lipinski definition) is 2. The van der Waals surface area contributed by atoms with Crippen molar-refractivity contribution in [2.24, 2.45) is 16.3 Å². The highest BCUT2D eigenvalue weighted by Crippen LogP contribution is 2.19. The van der Waals surface area contributed by atoms with Crippen molar-refractivity contribution < 1.29 is 4.79 Å². The molecule has 0 aromatic carbocycles. The normalized spacial score (nSPS) is 23.0. The molecule has 2 rings (SSSR count). The van der Waals surface area contributed by atoms with Crippen LogP contribution in [-0.2, 0) is 4.79 Å². The maximum absolute atomic E-state index is 11.9. The Balaban J connectivity index is 1.68. The van der Waals surface area contributed by atoms with Crippen LogP contribution >= 0.6 is 0 Å². The van der Waals surface area contributed by atoms with Crippen LogP contribution in [-0.4, -0.2) is 74.5 Å². The fourth-order valence-corrected chi connectivity index (χ4v) is 3.63. The molecule has 0 aliphatic carbocycles. The number of likely N-dealkylation sites (tertiary alicyclic amines) is 2. The lowest BCUT2D eigenvalue weighted by atomic mass is 9.96. The van der Waals surface area contributed by atoms with Crippen LogP contribution in [0.25, 0.3) is 0 Å². The van der Waals surface area contributed by atoms with E-state index < -0.39 is 0 Å². The lowest BCUT2D eigenvalue weighted by Gasteiger charge is -2.29. The molecule has 6 heteroatoms. The molecule has 0 aromatic heterocycles. The topological polar surface area (TPSA) is 60.0 Å². The molecule has 0 bridgehead atoms. The van der Waals surface area contributed by atoms with E-state index >= 15 is 0 Å². The van der Waals surface area contributed by atoms with E-state index in [2.05, 4.69) is 25.4 Å². The van der Waals surface area contributed by atoms with E-state index in [9.17, 15) is 4.79 Å². The van der Waals surface area contributed by atoms with Gasteiger partial charge in [-0.15, -0.1) is 0 Å². The Bertz CT molecular complexity index is 451. The molecule has 0 spiro atoms. The van der Waals surface area contributed by atoms with Crippen molar-refractivity contribution in [3.63, 3.8) is 0 Å². The molecule has 1 atom stereocenters. The first-order chi connectivity index (χ1) is 11.9. The van der Waals surface area contributed by atoms with Crippen molar-refractivity contribution in [1.29, 1.82) is 0 Å². The Morgan fingerprint density at radius 1 is 1.08 bits per heavy atom. The summed E-state index contributed by atoms with van der Waals surface area (Å²) in [5, 5.41) is 6.36. The molecule has 0 saturated carbocycles. The third-order valence-electron chi connectivity index (χ3n) is 5.14. The number of carbonyl (C=O) groups is 1. The van der Waals surface area contributed by atoms with E-state index in [1.54, 1.807) is 0 Å². The zero-order valence-corrected chi connectivity index (χ0v) is 16.6. The number of piperidine rings is 1. The van der Waals surface area contributed by atoms with Gasteiger partial charge in [-0.3, -0.25) is 9.79 Å². The fourth-order valence-electron chi connectivity index (χ4n) is 3.63. The minimum atomic E-state index is -0.335. The Labute approximate surface area is 153 Å². The Morgan fingerprint density at radius 2 is 1.76 bits per heavy atom. The number of aliphatic imine (C=N–C) groups is 1. The van der Waals surface area contributed by atoms with Gasteiger partial charge < -0.3 is 20.4 Å². The molecule has 2 aliphatic rings. The van der Waals surface area contributed by atoms with E-state index in [0.29, 0.717) is 13.1 Å². The number of carbonyl (C=O) groups excluding carboxylic acids is 1. The summed E-state index contributed by atoms with van der Waals surface area (Å²) >= 11 is 0. The minimum absolute atomic E-state index is 0.0899. The fraction of sp³-hybridized carbons (Fsp3) is 0.895. The molecule has 2 fully saturated rings. The van der Waals surface area contributed by atoms with Crippen molar-refractivity contribution >= 4 is 11.9 Å². The predicted molar refractivity (Wildman–Crippen MR) is 104 cm³/mol. The monoisotopic (exact) mass is 351 g/mol. The van der Waals surface area contributed by atoms with Crippen molar-refractivity contribution in [1.82, 2.24) is 20.4 Å².